The van der Waals surface area contributed by atoms with Crippen molar-refractivity contribution in [3.63, 3.8) is 0 Å². The quantitative estimate of drug-likeness (QED) is 0.364. The first-order chi connectivity index (χ1) is 11.3. The maximum absolute atomic E-state index is 6.32. The van der Waals surface area contributed by atoms with Gasteiger partial charge in [-0.2, -0.15) is 0 Å². The molecule has 0 saturated carbocycles. The van der Waals surface area contributed by atoms with Gasteiger partial charge in [0.1, 0.15) is 0 Å². The summed E-state index contributed by atoms with van der Waals surface area (Å²) in [5, 5.41) is 0. The Morgan fingerprint density at radius 3 is 1.43 bits per heavy atom. The Morgan fingerprint density at radius 2 is 1.09 bits per heavy atom. The molecule has 0 amide bonds. The molecule has 23 heavy (non-hydrogen) atoms. The van der Waals surface area contributed by atoms with Crippen molar-refractivity contribution >= 4 is 0 Å². The van der Waals surface area contributed by atoms with Crippen molar-refractivity contribution in [1.82, 2.24) is 0 Å². The summed E-state index contributed by atoms with van der Waals surface area (Å²) in [5.41, 5.74) is 2.55. The summed E-state index contributed by atoms with van der Waals surface area (Å²) in [7, 11) is 0. The van der Waals surface area contributed by atoms with Crippen LogP contribution >= 0.6 is 0 Å². The Morgan fingerprint density at radius 1 is 0.696 bits per heavy atom. The summed E-state index contributed by atoms with van der Waals surface area (Å²) in [5.74, 6) is 0. The third kappa shape index (κ3) is 6.02. The molecule has 0 atom stereocenters. The van der Waals surface area contributed by atoms with E-state index in [1.165, 1.54) is 11.1 Å². The van der Waals surface area contributed by atoms with Gasteiger partial charge in [-0.15, -0.1) is 0 Å². The molecule has 2 nitrogen and oxygen atoms in total. The maximum atomic E-state index is 6.32. The topological polar surface area (TPSA) is 18.5 Å². The van der Waals surface area contributed by atoms with Crippen LogP contribution in [0, 0.1) is 0 Å². The first kappa shape index (κ1) is 18.1. The molecule has 2 aromatic carbocycles. The molecular formula is C20H24HfO2. The van der Waals surface area contributed by atoms with E-state index in [9.17, 15) is 0 Å². The molecule has 3 heteroatoms. The average Bonchev–Trinajstić information content (AvgIpc) is 2.60. The van der Waals surface area contributed by atoms with Gasteiger partial charge in [0.15, 0.2) is 0 Å². The van der Waals surface area contributed by atoms with Crippen LogP contribution in [0.25, 0.3) is 0 Å². The summed E-state index contributed by atoms with van der Waals surface area (Å²) < 4.78 is 14.4. The Bertz CT molecular complexity index is 540. The van der Waals surface area contributed by atoms with E-state index in [2.05, 4.69) is 61.7 Å². The van der Waals surface area contributed by atoms with Gasteiger partial charge >= 0.3 is 145 Å². The molecule has 2 rings (SSSR count). The monoisotopic (exact) mass is 476 g/mol. The van der Waals surface area contributed by atoms with Crippen molar-refractivity contribution < 1.29 is 26.6 Å². The standard InChI is InChI=1S/2C7H7.2C3H5O.Hf/c2*1-7-5-3-2-4-6-7;2*1-2-3-4;/h2*2-6H,1H2;2*2H,1,3H2;/q;;2*-1;+2. The van der Waals surface area contributed by atoms with Crippen LogP contribution in [-0.2, 0) is 34.9 Å². The number of hydrogen-bond acceptors (Lipinski definition) is 2. The third-order valence-electron chi connectivity index (χ3n) is 3.56. The average molecular weight is 475 g/mol. The van der Waals surface area contributed by atoms with Crippen molar-refractivity contribution in [2.75, 3.05) is 13.2 Å². The van der Waals surface area contributed by atoms with Crippen LogP contribution in [0.1, 0.15) is 11.1 Å². The number of rotatable bonds is 10. The zero-order valence-electron chi connectivity index (χ0n) is 13.5. The Labute approximate surface area is 145 Å². The number of benzene rings is 2. The van der Waals surface area contributed by atoms with E-state index in [4.69, 9.17) is 5.71 Å². The predicted octanol–water partition coefficient (Wildman–Crippen LogP) is 4.78. The van der Waals surface area contributed by atoms with E-state index in [1.54, 1.807) is 0 Å². The van der Waals surface area contributed by atoms with E-state index in [0.29, 0.717) is 13.2 Å². The first-order valence-corrected chi connectivity index (χ1v) is 15.9. The zero-order chi connectivity index (χ0) is 16.4. The summed E-state index contributed by atoms with van der Waals surface area (Å²) >= 11 is -3.50. The molecule has 0 bridgehead atoms. The van der Waals surface area contributed by atoms with Gasteiger partial charge in [0, 0.05) is 0 Å². The molecule has 0 saturated heterocycles. The SMILES string of the molecule is C=CC[O][Hf]([CH2]c1ccccc1)([CH2]c1ccccc1)[O]CC=C. The van der Waals surface area contributed by atoms with Crippen molar-refractivity contribution in [3.05, 3.63) is 97.1 Å². The molecule has 120 valence electrons. The van der Waals surface area contributed by atoms with Gasteiger partial charge in [0.05, 0.1) is 0 Å². The fourth-order valence-electron chi connectivity index (χ4n) is 2.54. The summed E-state index contributed by atoms with van der Waals surface area (Å²) in [6, 6.07) is 20.9. The second-order valence-corrected chi connectivity index (χ2v) is 16.6. The van der Waals surface area contributed by atoms with Crippen molar-refractivity contribution in [2.45, 2.75) is 8.35 Å². The van der Waals surface area contributed by atoms with Gasteiger partial charge in [-0.25, -0.2) is 0 Å². The fourth-order valence-corrected chi connectivity index (χ4v) is 14.0. The van der Waals surface area contributed by atoms with Crippen LogP contribution < -0.4 is 0 Å². The van der Waals surface area contributed by atoms with Gasteiger partial charge in [-0.1, -0.05) is 0 Å². The molecule has 0 aliphatic carbocycles. The molecule has 0 radical (unpaired) electrons. The van der Waals surface area contributed by atoms with E-state index < -0.39 is 20.8 Å². The van der Waals surface area contributed by atoms with Crippen LogP contribution in [-0.4, -0.2) is 13.2 Å². The van der Waals surface area contributed by atoms with Gasteiger partial charge < -0.3 is 0 Å². The Hall–Kier alpha value is -1.29. The molecule has 0 spiro atoms. The third-order valence-corrected chi connectivity index (χ3v) is 15.3. The van der Waals surface area contributed by atoms with Crippen molar-refractivity contribution in [1.29, 1.82) is 0 Å². The molecule has 0 fully saturated rings. The normalized spacial score (nSPS) is 11.1. The second kappa shape index (κ2) is 9.76. The Kier molecular flexibility index (Phi) is 7.66. The van der Waals surface area contributed by atoms with Gasteiger partial charge in [0.25, 0.3) is 0 Å². The predicted molar refractivity (Wildman–Crippen MR) is 92.6 cm³/mol. The second-order valence-electron chi connectivity index (χ2n) is 5.43. The molecule has 0 N–H and O–H groups in total. The summed E-state index contributed by atoms with van der Waals surface area (Å²) in [6.45, 7) is 8.67. The van der Waals surface area contributed by atoms with Crippen molar-refractivity contribution in [3.8, 4) is 0 Å². The van der Waals surface area contributed by atoms with Crippen LogP contribution in [0.2, 0.25) is 0 Å². The van der Waals surface area contributed by atoms with Crippen LogP contribution in [0.15, 0.2) is 86.0 Å². The van der Waals surface area contributed by atoms with E-state index >= 15 is 0 Å². The van der Waals surface area contributed by atoms with Crippen LogP contribution in [0.3, 0.4) is 0 Å². The van der Waals surface area contributed by atoms with Gasteiger partial charge in [-0.3, -0.25) is 0 Å². The zero-order valence-corrected chi connectivity index (χ0v) is 17.1. The summed E-state index contributed by atoms with van der Waals surface area (Å²) in [6.07, 6.45) is 3.62. The van der Waals surface area contributed by atoms with E-state index in [0.717, 1.165) is 8.35 Å². The minimum absolute atomic E-state index is 0.540. The molecule has 0 unspecified atom stereocenters. The van der Waals surface area contributed by atoms with Crippen LogP contribution in [0.4, 0.5) is 0 Å². The Balaban J connectivity index is 2.27. The first-order valence-electron chi connectivity index (χ1n) is 7.85. The van der Waals surface area contributed by atoms with E-state index in [-0.39, 0.29) is 0 Å². The van der Waals surface area contributed by atoms with Gasteiger partial charge in [0.2, 0.25) is 0 Å². The molecule has 0 heterocycles. The van der Waals surface area contributed by atoms with Crippen molar-refractivity contribution in [2.24, 2.45) is 0 Å². The molecule has 0 aliphatic rings. The fraction of sp³-hybridized carbons (Fsp3) is 0.200. The molecule has 2 aromatic rings. The summed E-state index contributed by atoms with van der Waals surface area (Å²) in [4.78, 5) is 0. The number of hydrogen-bond donors (Lipinski definition) is 0. The van der Waals surface area contributed by atoms with Crippen LogP contribution in [0.5, 0.6) is 0 Å². The molecule has 0 aliphatic heterocycles. The van der Waals surface area contributed by atoms with E-state index in [1.807, 2.05) is 24.3 Å². The molecular weight excluding hydrogens is 451 g/mol. The van der Waals surface area contributed by atoms with Gasteiger partial charge in [-0.05, 0) is 0 Å². The minimum atomic E-state index is -3.50. The molecule has 0 aromatic heterocycles.